The molecule has 1 aliphatic rings. The number of imide groups is 1. The number of carbonyl (C=O) groups is 2. The normalized spacial score (nSPS) is 15.1. The maximum Gasteiger partial charge on any atom is 0.267 e. The van der Waals surface area contributed by atoms with Gasteiger partial charge in [-0.15, -0.1) is 0 Å². The fourth-order valence-electron chi connectivity index (χ4n) is 1.84. The van der Waals surface area contributed by atoms with Gasteiger partial charge in [0.25, 0.3) is 5.91 Å². The summed E-state index contributed by atoms with van der Waals surface area (Å²) >= 11 is 0. The fourth-order valence-corrected chi connectivity index (χ4v) is 1.84. The zero-order valence-electron chi connectivity index (χ0n) is 9.81. The minimum atomic E-state index is -0.256. The predicted molar refractivity (Wildman–Crippen MR) is 62.6 cm³/mol. The summed E-state index contributed by atoms with van der Waals surface area (Å²) < 4.78 is 5.37. The number of hydrogen-bond acceptors (Lipinski definition) is 3. The summed E-state index contributed by atoms with van der Waals surface area (Å²) in [7, 11) is 0. The molecule has 1 heterocycles. The first kappa shape index (κ1) is 11.6. The molecule has 0 saturated carbocycles. The highest BCUT2D eigenvalue weighted by Crippen LogP contribution is 2.14. The lowest BCUT2D eigenvalue weighted by molar-refractivity contribution is -0.143. The molecule has 90 valence electrons. The Labute approximate surface area is 100 Å². The van der Waals surface area contributed by atoms with Gasteiger partial charge < -0.3 is 4.74 Å². The predicted octanol–water partition coefficient (Wildman–Crippen LogP) is 1.52. The van der Waals surface area contributed by atoms with Crippen LogP contribution in [-0.4, -0.2) is 29.9 Å². The quantitative estimate of drug-likeness (QED) is 0.795. The molecule has 1 saturated heterocycles. The summed E-state index contributed by atoms with van der Waals surface area (Å²) in [5.41, 5.74) is 1.08. The van der Waals surface area contributed by atoms with E-state index in [1.54, 1.807) is 6.07 Å². The molecule has 2 rings (SSSR count). The van der Waals surface area contributed by atoms with Gasteiger partial charge in [0.05, 0.1) is 0 Å². The molecule has 1 aromatic rings. The van der Waals surface area contributed by atoms with Crippen molar-refractivity contribution in [1.29, 1.82) is 0 Å². The lowest BCUT2D eigenvalue weighted by Crippen LogP contribution is -2.35. The van der Waals surface area contributed by atoms with Crippen LogP contribution >= 0.6 is 0 Å². The number of nitrogens with zero attached hydrogens (tertiary/aromatic N) is 1. The van der Waals surface area contributed by atoms with Gasteiger partial charge in [-0.3, -0.25) is 14.5 Å². The van der Waals surface area contributed by atoms with E-state index in [1.165, 1.54) is 4.90 Å². The maximum atomic E-state index is 11.7. The first-order chi connectivity index (χ1) is 8.16. The lowest BCUT2D eigenvalue weighted by Gasteiger charge is -2.14. The number of carbonyl (C=O) groups excluding carboxylic acids is 2. The Morgan fingerprint density at radius 3 is 2.94 bits per heavy atom. The molecule has 0 N–H and O–H groups in total. The molecule has 17 heavy (non-hydrogen) atoms. The van der Waals surface area contributed by atoms with Crippen molar-refractivity contribution >= 4 is 11.8 Å². The molecule has 0 radical (unpaired) electrons. The summed E-state index contributed by atoms with van der Waals surface area (Å²) in [5.74, 6) is 0.307. The Balaban J connectivity index is 1.90. The molecule has 0 atom stereocenters. The van der Waals surface area contributed by atoms with Gasteiger partial charge in [-0.05, 0) is 31.0 Å². The van der Waals surface area contributed by atoms with E-state index in [4.69, 9.17) is 4.74 Å². The second-order valence-corrected chi connectivity index (χ2v) is 4.15. The van der Waals surface area contributed by atoms with Crippen LogP contribution in [0.25, 0.3) is 0 Å². The van der Waals surface area contributed by atoms with Crippen molar-refractivity contribution in [2.24, 2.45) is 0 Å². The van der Waals surface area contributed by atoms with Crippen LogP contribution in [0.15, 0.2) is 24.3 Å². The summed E-state index contributed by atoms with van der Waals surface area (Å²) in [6.07, 6.45) is 1.23. The number of rotatable bonds is 3. The number of likely N-dealkylation sites (tertiary alicyclic amines) is 1. The van der Waals surface area contributed by atoms with Crippen LogP contribution in [0.4, 0.5) is 0 Å². The summed E-state index contributed by atoms with van der Waals surface area (Å²) in [6, 6.07) is 7.49. The zero-order valence-corrected chi connectivity index (χ0v) is 9.81. The van der Waals surface area contributed by atoms with E-state index < -0.39 is 0 Å². The number of hydrogen-bond donors (Lipinski definition) is 0. The van der Waals surface area contributed by atoms with Crippen molar-refractivity contribution in [3.63, 3.8) is 0 Å². The summed E-state index contributed by atoms with van der Waals surface area (Å²) in [6.45, 7) is 2.41. The SMILES string of the molecule is Cc1cccc(OCC(=O)N2CCCC2=O)c1. The van der Waals surface area contributed by atoms with E-state index in [-0.39, 0.29) is 18.4 Å². The third-order valence-corrected chi connectivity index (χ3v) is 2.73. The van der Waals surface area contributed by atoms with Crippen LogP contribution in [-0.2, 0) is 9.59 Å². The van der Waals surface area contributed by atoms with Gasteiger partial charge in [0.1, 0.15) is 5.75 Å². The number of ether oxygens (including phenoxy) is 1. The Bertz CT molecular complexity index is 442. The minimum absolute atomic E-state index is 0.0742. The van der Waals surface area contributed by atoms with Gasteiger partial charge in [0.15, 0.2) is 6.61 Å². The fraction of sp³-hybridized carbons (Fsp3) is 0.385. The molecule has 0 aliphatic carbocycles. The average Bonchev–Trinajstić information content (AvgIpc) is 2.72. The molecular weight excluding hydrogens is 218 g/mol. The third-order valence-electron chi connectivity index (χ3n) is 2.73. The number of benzene rings is 1. The smallest absolute Gasteiger partial charge is 0.267 e. The van der Waals surface area contributed by atoms with Crippen molar-refractivity contribution < 1.29 is 14.3 Å². The van der Waals surface area contributed by atoms with Crippen LogP contribution in [0, 0.1) is 6.92 Å². The van der Waals surface area contributed by atoms with Crippen molar-refractivity contribution in [3.05, 3.63) is 29.8 Å². The van der Waals surface area contributed by atoms with Crippen LogP contribution in [0.3, 0.4) is 0 Å². The Hall–Kier alpha value is -1.84. The molecule has 4 nitrogen and oxygen atoms in total. The van der Waals surface area contributed by atoms with Crippen LogP contribution in [0.1, 0.15) is 18.4 Å². The van der Waals surface area contributed by atoms with Gasteiger partial charge in [0, 0.05) is 13.0 Å². The summed E-state index contributed by atoms with van der Waals surface area (Å²) in [4.78, 5) is 24.3. The van der Waals surface area contributed by atoms with Crippen LogP contribution in [0.2, 0.25) is 0 Å². The Kier molecular flexibility index (Phi) is 3.42. The molecule has 1 aromatic carbocycles. The minimum Gasteiger partial charge on any atom is -0.484 e. The van der Waals surface area contributed by atoms with Crippen LogP contribution in [0.5, 0.6) is 5.75 Å². The van der Waals surface area contributed by atoms with E-state index in [9.17, 15) is 9.59 Å². The van der Waals surface area contributed by atoms with Crippen molar-refractivity contribution in [1.82, 2.24) is 4.90 Å². The van der Waals surface area contributed by atoms with E-state index in [1.807, 2.05) is 25.1 Å². The highest BCUT2D eigenvalue weighted by atomic mass is 16.5. The third kappa shape index (κ3) is 2.84. The van der Waals surface area contributed by atoms with Crippen molar-refractivity contribution in [2.75, 3.05) is 13.2 Å². The molecule has 0 unspecified atom stereocenters. The second kappa shape index (κ2) is 4.99. The average molecular weight is 233 g/mol. The van der Waals surface area contributed by atoms with Gasteiger partial charge in [-0.1, -0.05) is 12.1 Å². The molecule has 1 aliphatic heterocycles. The van der Waals surface area contributed by atoms with Gasteiger partial charge in [-0.2, -0.15) is 0 Å². The Morgan fingerprint density at radius 1 is 1.47 bits per heavy atom. The van der Waals surface area contributed by atoms with E-state index in [2.05, 4.69) is 0 Å². The van der Waals surface area contributed by atoms with E-state index >= 15 is 0 Å². The zero-order chi connectivity index (χ0) is 12.3. The van der Waals surface area contributed by atoms with Gasteiger partial charge >= 0.3 is 0 Å². The first-order valence-corrected chi connectivity index (χ1v) is 5.69. The lowest BCUT2D eigenvalue weighted by atomic mass is 10.2. The maximum absolute atomic E-state index is 11.7. The van der Waals surface area contributed by atoms with Crippen molar-refractivity contribution in [2.45, 2.75) is 19.8 Å². The molecule has 4 heteroatoms. The van der Waals surface area contributed by atoms with Crippen molar-refractivity contribution in [3.8, 4) is 5.75 Å². The Morgan fingerprint density at radius 2 is 2.29 bits per heavy atom. The monoisotopic (exact) mass is 233 g/mol. The molecule has 1 fully saturated rings. The van der Waals surface area contributed by atoms with E-state index in [0.717, 1.165) is 12.0 Å². The number of amides is 2. The molecular formula is C13H15NO3. The molecule has 2 amide bonds. The highest BCUT2D eigenvalue weighted by molar-refractivity contribution is 5.97. The molecule has 0 bridgehead atoms. The topological polar surface area (TPSA) is 46.6 Å². The number of aryl methyl sites for hydroxylation is 1. The molecule has 0 aromatic heterocycles. The largest absolute Gasteiger partial charge is 0.484 e. The van der Waals surface area contributed by atoms with Crippen LogP contribution < -0.4 is 4.74 Å². The molecule has 0 spiro atoms. The highest BCUT2D eigenvalue weighted by Gasteiger charge is 2.26. The second-order valence-electron chi connectivity index (χ2n) is 4.15. The van der Waals surface area contributed by atoms with Gasteiger partial charge in [0.2, 0.25) is 5.91 Å². The summed E-state index contributed by atoms with van der Waals surface area (Å²) in [5, 5.41) is 0. The standard InChI is InChI=1S/C13H15NO3/c1-10-4-2-5-11(8-10)17-9-13(16)14-7-3-6-12(14)15/h2,4-5,8H,3,6-7,9H2,1H3. The van der Waals surface area contributed by atoms with Gasteiger partial charge in [-0.25, -0.2) is 0 Å². The van der Waals surface area contributed by atoms with E-state index in [0.29, 0.717) is 18.7 Å². The first-order valence-electron chi connectivity index (χ1n) is 5.69.